The Kier molecular flexibility index (Phi) is 2.88. The van der Waals surface area contributed by atoms with Crippen molar-refractivity contribution in [1.29, 1.82) is 0 Å². The number of rotatable bonds is 3. The smallest absolute Gasteiger partial charge is 0.328 e. The summed E-state index contributed by atoms with van der Waals surface area (Å²) in [5.74, 6) is -1.20. The van der Waals surface area contributed by atoms with Gasteiger partial charge in [0, 0.05) is 6.54 Å². The summed E-state index contributed by atoms with van der Waals surface area (Å²) in [6.45, 7) is 0.000509. The molecule has 0 aromatic heterocycles. The maximum absolute atomic E-state index is 12.0. The summed E-state index contributed by atoms with van der Waals surface area (Å²) in [5.41, 5.74) is -0.291. The summed E-state index contributed by atoms with van der Waals surface area (Å²) in [7, 11) is 0. The Bertz CT molecular complexity index is 309. The SMILES string of the molecule is O=C(O)C(CO)N1CC2(CCCCC2)C1=O. The Balaban J connectivity index is 2.03. The molecular weight excluding hydrogens is 210 g/mol. The van der Waals surface area contributed by atoms with Gasteiger partial charge in [-0.1, -0.05) is 19.3 Å². The van der Waals surface area contributed by atoms with Gasteiger partial charge in [0.05, 0.1) is 12.0 Å². The number of amides is 1. The Morgan fingerprint density at radius 3 is 2.44 bits per heavy atom. The molecule has 0 aromatic rings. The normalized spacial score (nSPS) is 25.3. The number of hydrogen-bond donors (Lipinski definition) is 2. The number of carboxylic acid groups (broad SMARTS) is 1. The minimum absolute atomic E-state index is 0.0753. The first-order valence-corrected chi connectivity index (χ1v) is 5.75. The molecule has 0 aromatic carbocycles. The van der Waals surface area contributed by atoms with Crippen LogP contribution in [0.3, 0.4) is 0 Å². The molecule has 1 amide bonds. The van der Waals surface area contributed by atoms with Crippen molar-refractivity contribution >= 4 is 11.9 Å². The lowest BCUT2D eigenvalue weighted by Crippen LogP contribution is -2.67. The zero-order valence-corrected chi connectivity index (χ0v) is 9.19. The molecule has 5 heteroatoms. The zero-order valence-electron chi connectivity index (χ0n) is 9.19. The molecule has 2 fully saturated rings. The Labute approximate surface area is 94.0 Å². The summed E-state index contributed by atoms with van der Waals surface area (Å²) in [5, 5.41) is 17.8. The summed E-state index contributed by atoms with van der Waals surface area (Å²) in [6.07, 6.45) is 5.02. The average Bonchev–Trinajstić information content (AvgIpc) is 2.29. The fraction of sp³-hybridized carbons (Fsp3) is 0.818. The maximum atomic E-state index is 12.0. The molecule has 1 spiro atoms. The number of nitrogens with zero attached hydrogens (tertiary/aromatic N) is 1. The molecular formula is C11H17NO4. The van der Waals surface area contributed by atoms with Gasteiger partial charge in [0.25, 0.3) is 0 Å². The van der Waals surface area contributed by atoms with Crippen molar-refractivity contribution in [2.75, 3.05) is 13.2 Å². The van der Waals surface area contributed by atoms with Crippen LogP contribution in [0.2, 0.25) is 0 Å². The molecule has 90 valence electrons. The monoisotopic (exact) mass is 227 g/mol. The predicted octanol–water partition coefficient (Wildman–Crippen LogP) is 0.225. The van der Waals surface area contributed by atoms with Crippen molar-refractivity contribution in [3.05, 3.63) is 0 Å². The van der Waals surface area contributed by atoms with Crippen molar-refractivity contribution in [3.63, 3.8) is 0 Å². The molecule has 5 nitrogen and oxygen atoms in total. The van der Waals surface area contributed by atoms with E-state index in [-0.39, 0.29) is 11.3 Å². The lowest BCUT2D eigenvalue weighted by atomic mass is 9.67. The molecule has 2 aliphatic rings. The van der Waals surface area contributed by atoms with Crippen LogP contribution in [0.25, 0.3) is 0 Å². The van der Waals surface area contributed by atoms with Gasteiger partial charge in [-0.25, -0.2) is 4.79 Å². The lowest BCUT2D eigenvalue weighted by Gasteiger charge is -2.52. The Morgan fingerprint density at radius 2 is 2.00 bits per heavy atom. The Hall–Kier alpha value is -1.10. The second-order valence-electron chi connectivity index (χ2n) is 4.81. The van der Waals surface area contributed by atoms with E-state index in [0.29, 0.717) is 6.54 Å². The van der Waals surface area contributed by atoms with E-state index in [1.807, 2.05) is 0 Å². The van der Waals surface area contributed by atoms with Gasteiger partial charge in [0.2, 0.25) is 5.91 Å². The van der Waals surface area contributed by atoms with Crippen molar-refractivity contribution < 1.29 is 19.8 Å². The topological polar surface area (TPSA) is 77.8 Å². The van der Waals surface area contributed by atoms with Crippen LogP contribution < -0.4 is 0 Å². The molecule has 1 saturated heterocycles. The number of aliphatic hydroxyl groups excluding tert-OH is 1. The predicted molar refractivity (Wildman–Crippen MR) is 55.7 cm³/mol. The largest absolute Gasteiger partial charge is 0.480 e. The van der Waals surface area contributed by atoms with Crippen LogP contribution in [-0.4, -0.2) is 46.2 Å². The third kappa shape index (κ3) is 1.59. The molecule has 1 aliphatic heterocycles. The molecule has 0 radical (unpaired) electrons. The Morgan fingerprint density at radius 1 is 1.38 bits per heavy atom. The van der Waals surface area contributed by atoms with Crippen LogP contribution in [0.1, 0.15) is 32.1 Å². The first kappa shape index (κ1) is 11.4. The van der Waals surface area contributed by atoms with E-state index in [1.165, 1.54) is 4.90 Å². The van der Waals surface area contributed by atoms with Gasteiger partial charge in [-0.2, -0.15) is 0 Å². The second kappa shape index (κ2) is 4.05. The van der Waals surface area contributed by atoms with Gasteiger partial charge < -0.3 is 15.1 Å². The number of β-lactam (4-membered cyclic amide) rings is 1. The lowest BCUT2D eigenvalue weighted by molar-refractivity contribution is -0.176. The van der Waals surface area contributed by atoms with Gasteiger partial charge in [-0.15, -0.1) is 0 Å². The van der Waals surface area contributed by atoms with Crippen LogP contribution in [-0.2, 0) is 9.59 Å². The van der Waals surface area contributed by atoms with E-state index in [1.54, 1.807) is 0 Å². The van der Waals surface area contributed by atoms with Crippen LogP contribution >= 0.6 is 0 Å². The van der Waals surface area contributed by atoms with E-state index in [9.17, 15) is 9.59 Å². The summed E-state index contributed by atoms with van der Waals surface area (Å²) < 4.78 is 0. The number of hydrogen-bond acceptors (Lipinski definition) is 3. The van der Waals surface area contributed by atoms with Crippen molar-refractivity contribution in [2.24, 2.45) is 5.41 Å². The van der Waals surface area contributed by atoms with Crippen LogP contribution in [0, 0.1) is 5.41 Å². The number of aliphatic hydroxyl groups is 1. The number of aliphatic carboxylic acids is 1. The van der Waals surface area contributed by atoms with Gasteiger partial charge in [-0.05, 0) is 12.8 Å². The van der Waals surface area contributed by atoms with Crippen molar-refractivity contribution in [3.8, 4) is 0 Å². The van der Waals surface area contributed by atoms with E-state index in [2.05, 4.69) is 0 Å². The van der Waals surface area contributed by atoms with Gasteiger partial charge in [-0.3, -0.25) is 4.79 Å². The molecule has 0 bridgehead atoms. The quantitative estimate of drug-likeness (QED) is 0.676. The molecule has 1 atom stereocenters. The van der Waals surface area contributed by atoms with Crippen molar-refractivity contribution in [2.45, 2.75) is 38.1 Å². The van der Waals surface area contributed by atoms with Crippen molar-refractivity contribution in [1.82, 2.24) is 4.90 Å². The number of likely N-dealkylation sites (tertiary alicyclic amines) is 1. The summed E-state index contributed by atoms with van der Waals surface area (Å²) >= 11 is 0. The van der Waals surface area contributed by atoms with Gasteiger partial charge >= 0.3 is 5.97 Å². The molecule has 2 N–H and O–H groups in total. The summed E-state index contributed by atoms with van der Waals surface area (Å²) in [4.78, 5) is 24.1. The summed E-state index contributed by atoms with van der Waals surface area (Å²) in [6, 6.07) is -1.06. The van der Waals surface area contributed by atoms with Crippen LogP contribution in [0.5, 0.6) is 0 Å². The van der Waals surface area contributed by atoms with E-state index >= 15 is 0 Å². The number of carbonyl (C=O) groups excluding carboxylic acids is 1. The first-order valence-electron chi connectivity index (χ1n) is 5.75. The van der Waals surface area contributed by atoms with E-state index < -0.39 is 18.6 Å². The molecule has 1 heterocycles. The van der Waals surface area contributed by atoms with E-state index in [4.69, 9.17) is 10.2 Å². The molecule has 1 aliphatic carbocycles. The van der Waals surface area contributed by atoms with Gasteiger partial charge in [0.1, 0.15) is 0 Å². The number of carbonyl (C=O) groups is 2. The maximum Gasteiger partial charge on any atom is 0.328 e. The fourth-order valence-electron chi connectivity index (χ4n) is 2.84. The minimum atomic E-state index is -1.12. The first-order chi connectivity index (χ1) is 7.60. The fourth-order valence-corrected chi connectivity index (χ4v) is 2.84. The average molecular weight is 227 g/mol. The third-order valence-corrected chi connectivity index (χ3v) is 3.83. The van der Waals surface area contributed by atoms with Gasteiger partial charge in [0.15, 0.2) is 6.04 Å². The molecule has 1 saturated carbocycles. The highest BCUT2D eigenvalue weighted by Gasteiger charge is 2.54. The molecule has 16 heavy (non-hydrogen) atoms. The number of carboxylic acids is 1. The van der Waals surface area contributed by atoms with E-state index in [0.717, 1.165) is 32.1 Å². The highest BCUT2D eigenvalue weighted by Crippen LogP contribution is 2.45. The zero-order chi connectivity index (χ0) is 11.8. The molecule has 2 rings (SSSR count). The minimum Gasteiger partial charge on any atom is -0.480 e. The third-order valence-electron chi connectivity index (χ3n) is 3.83. The standard InChI is InChI=1S/C11H17NO4/c13-6-8(9(14)15)12-7-11(10(12)16)4-2-1-3-5-11/h8,13H,1-7H2,(H,14,15). The van der Waals surface area contributed by atoms with Crippen LogP contribution in [0.15, 0.2) is 0 Å². The van der Waals surface area contributed by atoms with Crippen LogP contribution in [0.4, 0.5) is 0 Å². The highest BCUT2D eigenvalue weighted by molar-refractivity contribution is 5.92. The second-order valence-corrected chi connectivity index (χ2v) is 4.81. The highest BCUT2D eigenvalue weighted by atomic mass is 16.4. The molecule has 1 unspecified atom stereocenters.